The van der Waals surface area contributed by atoms with Gasteiger partial charge in [-0.3, -0.25) is 19.1 Å². The molecule has 1 aromatic heterocycles. The summed E-state index contributed by atoms with van der Waals surface area (Å²) in [5, 5.41) is 0.135. The van der Waals surface area contributed by atoms with E-state index in [0.717, 1.165) is 19.3 Å². The summed E-state index contributed by atoms with van der Waals surface area (Å²) in [7, 11) is 1.66. The zero-order valence-corrected chi connectivity index (χ0v) is 13.2. The number of aromatic nitrogens is 2. The van der Waals surface area contributed by atoms with Crippen molar-refractivity contribution in [3.8, 4) is 0 Å². The van der Waals surface area contributed by atoms with Crippen LogP contribution in [0.1, 0.15) is 31.9 Å². The van der Waals surface area contributed by atoms with Crippen LogP contribution in [0.15, 0.2) is 11.0 Å². The number of rotatable bonds is 9. The molecular formula is C14H21ClN2O4. The summed E-state index contributed by atoms with van der Waals surface area (Å²) in [5.74, 6) is -0.487. The lowest BCUT2D eigenvalue weighted by Gasteiger charge is -2.09. The molecule has 0 atom stereocenters. The van der Waals surface area contributed by atoms with E-state index in [1.54, 1.807) is 14.0 Å². The summed E-state index contributed by atoms with van der Waals surface area (Å²) < 4.78 is 11.0. The molecule has 0 amide bonds. The van der Waals surface area contributed by atoms with Crippen LogP contribution in [0.5, 0.6) is 0 Å². The average molecular weight is 317 g/mol. The Bertz CT molecular complexity index is 516. The van der Waals surface area contributed by atoms with Gasteiger partial charge in [0.15, 0.2) is 0 Å². The minimum Gasteiger partial charge on any atom is -0.465 e. The van der Waals surface area contributed by atoms with Crippen LogP contribution in [0, 0.1) is 0 Å². The molecule has 6 nitrogen and oxygen atoms in total. The molecule has 0 aliphatic heterocycles. The maximum Gasteiger partial charge on any atom is 0.326 e. The fraction of sp³-hybridized carbons (Fsp3) is 0.643. The minimum absolute atomic E-state index is 0.135. The van der Waals surface area contributed by atoms with Gasteiger partial charge in [0.2, 0.25) is 0 Å². The number of nitrogens with zero attached hydrogens (tertiary/aromatic N) is 2. The highest BCUT2D eigenvalue weighted by Gasteiger charge is 2.12. The third-order valence-electron chi connectivity index (χ3n) is 2.93. The number of methoxy groups -OCH3 is 1. The lowest BCUT2D eigenvalue weighted by molar-refractivity contribution is -0.143. The molecule has 0 aromatic carbocycles. The molecule has 7 heteroatoms. The first-order valence-electron chi connectivity index (χ1n) is 6.99. The van der Waals surface area contributed by atoms with Gasteiger partial charge in [0.05, 0.1) is 12.8 Å². The molecule has 1 rings (SSSR count). The molecule has 0 unspecified atom stereocenters. The van der Waals surface area contributed by atoms with Gasteiger partial charge in [0.25, 0.3) is 5.56 Å². The average Bonchev–Trinajstić information content (AvgIpc) is 2.45. The Hall–Kier alpha value is -1.40. The Kier molecular flexibility index (Phi) is 8.00. The van der Waals surface area contributed by atoms with Gasteiger partial charge >= 0.3 is 5.97 Å². The van der Waals surface area contributed by atoms with E-state index in [4.69, 9.17) is 21.1 Å². The lowest BCUT2D eigenvalue weighted by atomic mass is 10.1. The van der Waals surface area contributed by atoms with E-state index in [-0.39, 0.29) is 23.9 Å². The molecule has 0 spiro atoms. The van der Waals surface area contributed by atoms with Crippen LogP contribution < -0.4 is 5.56 Å². The van der Waals surface area contributed by atoms with Crippen LogP contribution in [0.2, 0.25) is 5.15 Å². The third-order valence-corrected chi connectivity index (χ3v) is 3.23. The SMILES string of the molecule is CCOC(=O)Cn1c(Cl)cnc(CCCCCOC)c1=O. The summed E-state index contributed by atoms with van der Waals surface area (Å²) >= 11 is 5.92. The largest absolute Gasteiger partial charge is 0.465 e. The molecule has 118 valence electrons. The van der Waals surface area contributed by atoms with Crippen molar-refractivity contribution in [1.29, 1.82) is 0 Å². The van der Waals surface area contributed by atoms with Crippen molar-refractivity contribution in [1.82, 2.24) is 9.55 Å². The summed E-state index contributed by atoms with van der Waals surface area (Å²) in [6.45, 7) is 2.49. The van der Waals surface area contributed by atoms with E-state index >= 15 is 0 Å². The van der Waals surface area contributed by atoms with E-state index in [2.05, 4.69) is 4.98 Å². The molecule has 0 N–H and O–H groups in total. The van der Waals surface area contributed by atoms with Crippen LogP contribution in [-0.2, 0) is 27.2 Å². The summed E-state index contributed by atoms with van der Waals surface area (Å²) in [6, 6.07) is 0. The van der Waals surface area contributed by atoms with Gasteiger partial charge in [-0.15, -0.1) is 0 Å². The molecule has 1 aromatic rings. The van der Waals surface area contributed by atoms with E-state index in [1.165, 1.54) is 10.8 Å². The number of unbranched alkanes of at least 4 members (excludes halogenated alkanes) is 2. The smallest absolute Gasteiger partial charge is 0.326 e. The highest BCUT2D eigenvalue weighted by atomic mass is 35.5. The van der Waals surface area contributed by atoms with Crippen molar-refractivity contribution in [2.24, 2.45) is 0 Å². The van der Waals surface area contributed by atoms with Crippen molar-refractivity contribution in [2.75, 3.05) is 20.3 Å². The molecule has 0 saturated heterocycles. The molecule has 0 saturated carbocycles. The first kappa shape index (κ1) is 17.7. The fourth-order valence-electron chi connectivity index (χ4n) is 1.88. The van der Waals surface area contributed by atoms with Gasteiger partial charge < -0.3 is 9.47 Å². The Morgan fingerprint density at radius 3 is 2.81 bits per heavy atom. The van der Waals surface area contributed by atoms with Crippen molar-refractivity contribution >= 4 is 17.6 Å². The number of carbonyl (C=O) groups excluding carboxylic acids is 1. The van der Waals surface area contributed by atoms with Crippen molar-refractivity contribution in [3.63, 3.8) is 0 Å². The minimum atomic E-state index is -0.487. The Morgan fingerprint density at radius 2 is 2.14 bits per heavy atom. The highest BCUT2D eigenvalue weighted by Crippen LogP contribution is 2.07. The molecule has 0 aliphatic carbocycles. The van der Waals surface area contributed by atoms with Gasteiger partial charge in [-0.25, -0.2) is 0 Å². The Labute approximate surface area is 129 Å². The number of carbonyl (C=O) groups is 1. The predicted octanol–water partition coefficient (Wildman–Crippen LogP) is 1.82. The number of halogens is 1. The predicted molar refractivity (Wildman–Crippen MR) is 79.6 cm³/mol. The number of ether oxygens (including phenoxy) is 2. The highest BCUT2D eigenvalue weighted by molar-refractivity contribution is 6.29. The van der Waals surface area contributed by atoms with E-state index in [1.807, 2.05) is 0 Å². The maximum absolute atomic E-state index is 12.2. The van der Waals surface area contributed by atoms with E-state index in [0.29, 0.717) is 18.7 Å². The monoisotopic (exact) mass is 316 g/mol. The second-order valence-corrected chi connectivity index (χ2v) is 4.91. The molecule has 0 bridgehead atoms. The number of hydrogen-bond donors (Lipinski definition) is 0. The van der Waals surface area contributed by atoms with Gasteiger partial charge in [-0.2, -0.15) is 0 Å². The van der Waals surface area contributed by atoms with Crippen LogP contribution in [0.3, 0.4) is 0 Å². The number of esters is 1. The Morgan fingerprint density at radius 1 is 1.38 bits per heavy atom. The van der Waals surface area contributed by atoms with Gasteiger partial charge in [-0.05, 0) is 26.2 Å². The quantitative estimate of drug-likeness (QED) is 0.513. The fourth-order valence-corrected chi connectivity index (χ4v) is 2.06. The zero-order chi connectivity index (χ0) is 15.7. The molecule has 1 heterocycles. The van der Waals surface area contributed by atoms with Gasteiger partial charge in [-0.1, -0.05) is 18.0 Å². The van der Waals surface area contributed by atoms with Gasteiger partial charge in [0, 0.05) is 13.7 Å². The van der Waals surface area contributed by atoms with E-state index in [9.17, 15) is 9.59 Å². The summed E-state index contributed by atoms with van der Waals surface area (Å²) in [6.07, 6.45) is 4.69. The Balaban J connectivity index is 2.70. The van der Waals surface area contributed by atoms with Gasteiger partial charge in [0.1, 0.15) is 17.4 Å². The molecule has 21 heavy (non-hydrogen) atoms. The molecule has 0 radical (unpaired) electrons. The van der Waals surface area contributed by atoms with Crippen LogP contribution in [0.4, 0.5) is 0 Å². The first-order valence-corrected chi connectivity index (χ1v) is 7.36. The second kappa shape index (κ2) is 9.52. The topological polar surface area (TPSA) is 70.4 Å². The van der Waals surface area contributed by atoms with Crippen molar-refractivity contribution in [3.05, 3.63) is 27.4 Å². The maximum atomic E-state index is 12.2. The van der Waals surface area contributed by atoms with Crippen LogP contribution >= 0.6 is 11.6 Å². The zero-order valence-electron chi connectivity index (χ0n) is 12.4. The first-order chi connectivity index (χ1) is 10.1. The summed E-state index contributed by atoms with van der Waals surface area (Å²) in [5.41, 5.74) is 0.0865. The standard InChI is InChI=1S/C14H21ClN2O4/c1-3-21-13(18)10-17-12(15)9-16-11(14(17)19)7-5-4-6-8-20-2/h9H,3-8,10H2,1-2H3. The van der Waals surface area contributed by atoms with Crippen LogP contribution in [0.25, 0.3) is 0 Å². The second-order valence-electron chi connectivity index (χ2n) is 4.53. The van der Waals surface area contributed by atoms with Crippen molar-refractivity contribution in [2.45, 2.75) is 39.2 Å². The molecule has 0 aliphatic rings. The number of hydrogen-bond acceptors (Lipinski definition) is 5. The third kappa shape index (κ3) is 5.85. The molecule has 0 fully saturated rings. The number of aryl methyl sites for hydroxylation is 1. The van der Waals surface area contributed by atoms with Crippen molar-refractivity contribution < 1.29 is 14.3 Å². The molecular weight excluding hydrogens is 296 g/mol. The summed E-state index contributed by atoms with van der Waals surface area (Å²) in [4.78, 5) is 27.8. The van der Waals surface area contributed by atoms with Crippen LogP contribution in [-0.4, -0.2) is 35.8 Å². The normalized spacial score (nSPS) is 10.6. The lowest BCUT2D eigenvalue weighted by Crippen LogP contribution is -2.29. The van der Waals surface area contributed by atoms with E-state index < -0.39 is 5.97 Å².